The highest BCUT2D eigenvalue weighted by Crippen LogP contribution is 2.40. The highest BCUT2D eigenvalue weighted by Gasteiger charge is 2.41. The summed E-state index contributed by atoms with van der Waals surface area (Å²) >= 11 is 0. The molecule has 1 amide bonds. The summed E-state index contributed by atoms with van der Waals surface area (Å²) in [5, 5.41) is 10.7. The van der Waals surface area contributed by atoms with Crippen LogP contribution in [0.1, 0.15) is 37.9 Å². The third-order valence-corrected chi connectivity index (χ3v) is 4.38. The fourth-order valence-electron chi connectivity index (χ4n) is 3.16. The molecule has 0 saturated heterocycles. The van der Waals surface area contributed by atoms with E-state index in [2.05, 4.69) is 0 Å². The van der Waals surface area contributed by atoms with E-state index in [0.29, 0.717) is 17.0 Å². The van der Waals surface area contributed by atoms with Crippen molar-refractivity contribution in [3.63, 3.8) is 0 Å². The largest absolute Gasteiger partial charge is 0.497 e. The minimum atomic E-state index is -0.963. The highest BCUT2D eigenvalue weighted by atomic mass is 19.1. The number of hydrogen-bond donors (Lipinski definition) is 1. The lowest BCUT2D eigenvalue weighted by molar-refractivity contribution is 0.0221. The van der Waals surface area contributed by atoms with Gasteiger partial charge in [0, 0.05) is 0 Å². The second-order valence-corrected chi connectivity index (χ2v) is 7.62. The molecule has 148 valence electrons. The number of amides is 1. The molecule has 0 saturated carbocycles. The molecule has 28 heavy (non-hydrogen) atoms. The SMILES string of the molecule is COc1ccc(C2=C[C@@H](O)[C@H](c3ccc(F)cc3)N2C(=O)OC(C)(C)C)cc1. The van der Waals surface area contributed by atoms with Gasteiger partial charge in [-0.15, -0.1) is 0 Å². The lowest BCUT2D eigenvalue weighted by atomic mass is 10.0. The van der Waals surface area contributed by atoms with E-state index in [9.17, 15) is 14.3 Å². The van der Waals surface area contributed by atoms with Crippen molar-refractivity contribution >= 4 is 11.8 Å². The molecule has 2 atom stereocenters. The van der Waals surface area contributed by atoms with Gasteiger partial charge >= 0.3 is 6.09 Å². The third-order valence-electron chi connectivity index (χ3n) is 4.38. The van der Waals surface area contributed by atoms with Gasteiger partial charge in [0.25, 0.3) is 0 Å². The number of hydrogen-bond acceptors (Lipinski definition) is 4. The van der Waals surface area contributed by atoms with Gasteiger partial charge in [-0.1, -0.05) is 12.1 Å². The summed E-state index contributed by atoms with van der Waals surface area (Å²) in [5.41, 5.74) is 1.16. The Bertz CT molecular complexity index is 869. The maximum atomic E-state index is 13.4. The Balaban J connectivity index is 2.02. The van der Waals surface area contributed by atoms with E-state index in [1.54, 1.807) is 58.2 Å². The second kappa shape index (κ2) is 7.64. The Hall–Kier alpha value is -2.86. The fraction of sp³-hybridized carbons (Fsp3) is 0.318. The molecular weight excluding hydrogens is 361 g/mol. The Kier molecular flexibility index (Phi) is 5.42. The van der Waals surface area contributed by atoms with Crippen molar-refractivity contribution in [3.8, 4) is 5.75 Å². The number of nitrogens with zero attached hydrogens (tertiary/aromatic N) is 1. The Morgan fingerprint density at radius 3 is 2.21 bits per heavy atom. The van der Waals surface area contributed by atoms with Gasteiger partial charge in [-0.05, 0) is 74.4 Å². The Labute approximate surface area is 164 Å². The van der Waals surface area contributed by atoms with Gasteiger partial charge in [0.15, 0.2) is 0 Å². The van der Waals surface area contributed by atoms with Crippen molar-refractivity contribution < 1.29 is 23.8 Å². The first-order valence-electron chi connectivity index (χ1n) is 9.01. The number of benzene rings is 2. The van der Waals surface area contributed by atoms with E-state index >= 15 is 0 Å². The molecular formula is C22H24FNO4. The van der Waals surface area contributed by atoms with Crippen molar-refractivity contribution in [2.75, 3.05) is 7.11 Å². The van der Waals surface area contributed by atoms with Gasteiger partial charge in [0.1, 0.15) is 17.2 Å². The second-order valence-electron chi connectivity index (χ2n) is 7.62. The number of carbonyl (C=O) groups excluding carboxylic acids is 1. The molecule has 0 aromatic heterocycles. The van der Waals surface area contributed by atoms with Gasteiger partial charge in [-0.3, -0.25) is 4.90 Å². The van der Waals surface area contributed by atoms with Crippen LogP contribution in [0, 0.1) is 5.82 Å². The Morgan fingerprint density at radius 2 is 1.68 bits per heavy atom. The van der Waals surface area contributed by atoms with Gasteiger partial charge in [-0.25, -0.2) is 9.18 Å². The van der Waals surface area contributed by atoms with Gasteiger partial charge in [0.2, 0.25) is 0 Å². The zero-order chi connectivity index (χ0) is 20.5. The van der Waals surface area contributed by atoms with Crippen LogP contribution in [0.25, 0.3) is 5.70 Å². The van der Waals surface area contributed by atoms with Gasteiger partial charge in [0.05, 0.1) is 25.0 Å². The average Bonchev–Trinajstić information content (AvgIpc) is 2.98. The molecule has 1 heterocycles. The molecule has 0 fully saturated rings. The van der Waals surface area contributed by atoms with Crippen LogP contribution >= 0.6 is 0 Å². The molecule has 1 aliphatic rings. The van der Waals surface area contributed by atoms with Crippen LogP contribution in [-0.2, 0) is 4.74 Å². The van der Waals surface area contributed by atoms with Crippen LogP contribution in [0.2, 0.25) is 0 Å². The van der Waals surface area contributed by atoms with Gasteiger partial charge < -0.3 is 14.6 Å². The van der Waals surface area contributed by atoms with Crippen LogP contribution in [-0.4, -0.2) is 34.9 Å². The highest BCUT2D eigenvalue weighted by molar-refractivity contribution is 5.85. The molecule has 0 bridgehead atoms. The first-order valence-corrected chi connectivity index (χ1v) is 9.01. The lowest BCUT2D eigenvalue weighted by Gasteiger charge is -2.32. The number of aliphatic hydroxyl groups is 1. The molecule has 2 aromatic carbocycles. The monoisotopic (exact) mass is 385 g/mol. The Morgan fingerprint density at radius 1 is 1.07 bits per heavy atom. The van der Waals surface area contributed by atoms with E-state index in [-0.39, 0.29) is 5.82 Å². The van der Waals surface area contributed by atoms with Crippen LogP contribution in [0.15, 0.2) is 54.6 Å². The number of methoxy groups -OCH3 is 1. The quantitative estimate of drug-likeness (QED) is 0.843. The van der Waals surface area contributed by atoms with E-state index < -0.39 is 23.8 Å². The number of halogens is 1. The normalized spacial score (nSPS) is 19.4. The van der Waals surface area contributed by atoms with Gasteiger partial charge in [-0.2, -0.15) is 0 Å². The number of ether oxygens (including phenoxy) is 2. The number of aliphatic hydroxyl groups excluding tert-OH is 1. The van der Waals surface area contributed by atoms with Crippen molar-refractivity contribution in [3.05, 3.63) is 71.6 Å². The van der Waals surface area contributed by atoms with Crippen molar-refractivity contribution in [2.24, 2.45) is 0 Å². The first-order chi connectivity index (χ1) is 13.2. The predicted molar refractivity (Wildman–Crippen MR) is 104 cm³/mol. The fourth-order valence-corrected chi connectivity index (χ4v) is 3.16. The van der Waals surface area contributed by atoms with Crippen LogP contribution in [0.5, 0.6) is 5.75 Å². The summed E-state index contributed by atoms with van der Waals surface area (Å²) in [6.45, 7) is 5.34. The molecule has 0 unspecified atom stereocenters. The molecule has 0 spiro atoms. The van der Waals surface area contributed by atoms with E-state index in [1.807, 2.05) is 12.1 Å². The standard InChI is InChI=1S/C22H24FNO4/c1-22(2,3)28-21(26)24-18(14-7-11-17(27-4)12-8-14)13-19(25)20(24)15-5-9-16(23)10-6-15/h5-13,19-20,25H,1-4H3/t19-,20+/m1/s1. The summed E-state index contributed by atoms with van der Waals surface area (Å²) in [4.78, 5) is 14.4. The van der Waals surface area contributed by atoms with Crippen LogP contribution < -0.4 is 4.74 Å². The molecule has 2 aromatic rings. The molecule has 0 aliphatic carbocycles. The van der Waals surface area contributed by atoms with Crippen molar-refractivity contribution in [1.29, 1.82) is 0 Å². The minimum Gasteiger partial charge on any atom is -0.497 e. The zero-order valence-electron chi connectivity index (χ0n) is 16.3. The number of carbonyl (C=O) groups is 1. The average molecular weight is 385 g/mol. The van der Waals surface area contributed by atoms with Crippen molar-refractivity contribution in [2.45, 2.75) is 38.5 Å². The smallest absolute Gasteiger partial charge is 0.415 e. The zero-order valence-corrected chi connectivity index (χ0v) is 16.3. The van der Waals surface area contributed by atoms with E-state index in [1.165, 1.54) is 17.0 Å². The van der Waals surface area contributed by atoms with Crippen molar-refractivity contribution in [1.82, 2.24) is 4.90 Å². The van der Waals surface area contributed by atoms with Crippen LogP contribution in [0.4, 0.5) is 9.18 Å². The van der Waals surface area contributed by atoms with E-state index in [4.69, 9.17) is 9.47 Å². The van der Waals surface area contributed by atoms with E-state index in [0.717, 1.165) is 5.56 Å². The third kappa shape index (κ3) is 4.17. The summed E-state index contributed by atoms with van der Waals surface area (Å²) in [5.74, 6) is 0.296. The molecule has 5 nitrogen and oxygen atoms in total. The molecule has 3 rings (SSSR count). The maximum Gasteiger partial charge on any atom is 0.415 e. The lowest BCUT2D eigenvalue weighted by Crippen LogP contribution is -2.38. The summed E-state index contributed by atoms with van der Waals surface area (Å²) in [6, 6.07) is 12.2. The number of rotatable bonds is 3. The molecule has 1 N–H and O–H groups in total. The molecule has 6 heteroatoms. The topological polar surface area (TPSA) is 59.0 Å². The molecule has 1 aliphatic heterocycles. The van der Waals surface area contributed by atoms with Crippen LogP contribution in [0.3, 0.4) is 0 Å². The molecule has 0 radical (unpaired) electrons. The summed E-state index contributed by atoms with van der Waals surface area (Å²) in [7, 11) is 1.57. The summed E-state index contributed by atoms with van der Waals surface area (Å²) in [6.07, 6.45) is 0.0651. The minimum absolute atomic E-state index is 0.386. The maximum absolute atomic E-state index is 13.4. The summed E-state index contributed by atoms with van der Waals surface area (Å²) < 4.78 is 24.1. The first kappa shape index (κ1) is 19.9. The predicted octanol–water partition coefficient (Wildman–Crippen LogP) is 4.53.